The van der Waals surface area contributed by atoms with Gasteiger partial charge in [-0.05, 0) is 37.2 Å². The van der Waals surface area contributed by atoms with Crippen LogP contribution < -0.4 is 5.32 Å². The second-order valence-corrected chi connectivity index (χ2v) is 5.56. The zero-order valence-electron chi connectivity index (χ0n) is 8.32. The van der Waals surface area contributed by atoms with E-state index < -0.39 is 0 Å². The molecule has 5 heteroatoms. The van der Waals surface area contributed by atoms with Gasteiger partial charge in [-0.25, -0.2) is 4.98 Å². The molecular weight excluding hydrogens is 214 g/mol. The molecule has 0 amide bonds. The topological polar surface area (TPSA) is 37.8 Å². The predicted molar refractivity (Wildman–Crippen MR) is 63.2 cm³/mol. The number of aromatic nitrogens is 2. The average Bonchev–Trinajstić information content (AvgIpc) is 2.63. The van der Waals surface area contributed by atoms with Gasteiger partial charge in [0.1, 0.15) is 5.82 Å². The van der Waals surface area contributed by atoms with Crippen molar-refractivity contribution >= 4 is 28.4 Å². The fourth-order valence-electron chi connectivity index (χ4n) is 1.55. The van der Waals surface area contributed by atoms with E-state index in [1.165, 1.54) is 35.9 Å². The molecule has 0 unspecified atom stereocenters. The lowest BCUT2D eigenvalue weighted by atomic mass is 10.0. The third kappa shape index (κ3) is 2.85. The molecule has 0 aliphatic carbocycles. The molecular formula is C9H15N3S2. The average molecular weight is 229 g/mol. The van der Waals surface area contributed by atoms with E-state index in [-0.39, 0.29) is 0 Å². The van der Waals surface area contributed by atoms with Crippen LogP contribution in [0.4, 0.5) is 5.13 Å². The highest BCUT2D eigenvalue weighted by Gasteiger charge is 2.13. The summed E-state index contributed by atoms with van der Waals surface area (Å²) in [6.45, 7) is 2.99. The van der Waals surface area contributed by atoms with Crippen molar-refractivity contribution in [1.29, 1.82) is 0 Å². The standard InChI is InChI=1S/C9H15N3S2/c1-7-11-9(14-12-7)10-6-8-2-4-13-5-3-8/h8H,2-6H2,1H3,(H,10,11,12). The van der Waals surface area contributed by atoms with E-state index in [1.807, 2.05) is 6.92 Å². The Balaban J connectivity index is 1.76. The Bertz CT molecular complexity index is 281. The number of nitrogens with one attached hydrogen (secondary N) is 1. The minimum absolute atomic E-state index is 0.834. The van der Waals surface area contributed by atoms with Crippen molar-refractivity contribution in [2.45, 2.75) is 19.8 Å². The van der Waals surface area contributed by atoms with E-state index in [1.54, 1.807) is 0 Å². The monoisotopic (exact) mass is 229 g/mol. The van der Waals surface area contributed by atoms with Gasteiger partial charge in [-0.3, -0.25) is 0 Å². The molecule has 0 saturated carbocycles. The molecule has 0 radical (unpaired) electrons. The van der Waals surface area contributed by atoms with Crippen molar-refractivity contribution < 1.29 is 0 Å². The molecule has 78 valence electrons. The summed E-state index contributed by atoms with van der Waals surface area (Å²) in [6, 6.07) is 0. The first-order valence-electron chi connectivity index (χ1n) is 4.96. The van der Waals surface area contributed by atoms with E-state index in [4.69, 9.17) is 0 Å². The van der Waals surface area contributed by atoms with Crippen LogP contribution in [0.3, 0.4) is 0 Å². The van der Waals surface area contributed by atoms with Crippen molar-refractivity contribution in [3.8, 4) is 0 Å². The Morgan fingerprint density at radius 1 is 1.43 bits per heavy atom. The van der Waals surface area contributed by atoms with E-state index in [2.05, 4.69) is 26.4 Å². The van der Waals surface area contributed by atoms with Gasteiger partial charge in [0.2, 0.25) is 5.13 Å². The summed E-state index contributed by atoms with van der Waals surface area (Å²) in [5.74, 6) is 4.35. The van der Waals surface area contributed by atoms with E-state index in [0.717, 1.165) is 23.4 Å². The molecule has 3 nitrogen and oxygen atoms in total. The molecule has 0 spiro atoms. The molecule has 1 saturated heterocycles. The molecule has 2 rings (SSSR count). The highest BCUT2D eigenvalue weighted by molar-refractivity contribution is 7.99. The maximum atomic E-state index is 4.29. The second-order valence-electron chi connectivity index (χ2n) is 3.58. The van der Waals surface area contributed by atoms with Gasteiger partial charge in [0.25, 0.3) is 0 Å². The van der Waals surface area contributed by atoms with Gasteiger partial charge in [-0.15, -0.1) is 0 Å². The molecule has 1 fully saturated rings. The molecule has 1 aromatic rings. The zero-order chi connectivity index (χ0) is 9.80. The van der Waals surface area contributed by atoms with Crippen molar-refractivity contribution in [2.24, 2.45) is 5.92 Å². The first-order valence-corrected chi connectivity index (χ1v) is 6.89. The van der Waals surface area contributed by atoms with Crippen LogP contribution in [0.25, 0.3) is 0 Å². The molecule has 2 heterocycles. The highest BCUT2D eigenvalue weighted by atomic mass is 32.2. The molecule has 0 atom stereocenters. The van der Waals surface area contributed by atoms with E-state index in [0.29, 0.717) is 0 Å². The number of thioether (sulfide) groups is 1. The Morgan fingerprint density at radius 3 is 2.86 bits per heavy atom. The normalized spacial score (nSPS) is 18.4. The summed E-state index contributed by atoms with van der Waals surface area (Å²) in [6.07, 6.45) is 2.69. The van der Waals surface area contributed by atoms with Gasteiger partial charge in [0, 0.05) is 18.1 Å². The molecule has 1 aromatic heterocycles. The second kappa shape index (κ2) is 4.98. The minimum Gasteiger partial charge on any atom is -0.360 e. The van der Waals surface area contributed by atoms with E-state index >= 15 is 0 Å². The lowest BCUT2D eigenvalue weighted by molar-refractivity contribution is 0.516. The first kappa shape index (κ1) is 10.2. The van der Waals surface area contributed by atoms with Gasteiger partial charge >= 0.3 is 0 Å². The largest absolute Gasteiger partial charge is 0.360 e. The summed E-state index contributed by atoms with van der Waals surface area (Å²) < 4.78 is 4.14. The summed E-state index contributed by atoms with van der Waals surface area (Å²) in [4.78, 5) is 4.29. The number of hydrogen-bond acceptors (Lipinski definition) is 5. The van der Waals surface area contributed by atoms with Gasteiger partial charge in [-0.2, -0.15) is 16.1 Å². The number of rotatable bonds is 3. The Hall–Kier alpha value is -0.290. The van der Waals surface area contributed by atoms with Crippen molar-refractivity contribution in [3.63, 3.8) is 0 Å². The van der Waals surface area contributed by atoms with Gasteiger partial charge in [0.05, 0.1) is 0 Å². The molecule has 0 aromatic carbocycles. The summed E-state index contributed by atoms with van der Waals surface area (Å²) >= 11 is 3.53. The number of aryl methyl sites for hydroxylation is 1. The van der Waals surface area contributed by atoms with Crippen LogP contribution in [-0.2, 0) is 0 Å². The minimum atomic E-state index is 0.834. The quantitative estimate of drug-likeness (QED) is 0.863. The lowest BCUT2D eigenvalue weighted by Gasteiger charge is -2.20. The number of hydrogen-bond donors (Lipinski definition) is 1. The number of anilines is 1. The molecule has 14 heavy (non-hydrogen) atoms. The third-order valence-corrected chi connectivity index (χ3v) is 4.22. The fraction of sp³-hybridized carbons (Fsp3) is 0.778. The van der Waals surface area contributed by atoms with Crippen LogP contribution in [0.5, 0.6) is 0 Å². The zero-order valence-corrected chi connectivity index (χ0v) is 9.96. The number of nitrogens with zero attached hydrogens (tertiary/aromatic N) is 2. The van der Waals surface area contributed by atoms with Crippen LogP contribution in [0.2, 0.25) is 0 Å². The Labute approximate surface area is 92.9 Å². The molecule has 1 aliphatic rings. The van der Waals surface area contributed by atoms with Crippen molar-refractivity contribution in [3.05, 3.63) is 5.82 Å². The smallest absolute Gasteiger partial charge is 0.202 e. The third-order valence-electron chi connectivity index (χ3n) is 2.41. The van der Waals surface area contributed by atoms with Gasteiger partial charge in [0.15, 0.2) is 0 Å². The van der Waals surface area contributed by atoms with Gasteiger partial charge < -0.3 is 5.32 Å². The van der Waals surface area contributed by atoms with Gasteiger partial charge in [-0.1, -0.05) is 0 Å². The van der Waals surface area contributed by atoms with Crippen LogP contribution in [0, 0.1) is 12.8 Å². The maximum Gasteiger partial charge on any atom is 0.202 e. The predicted octanol–water partition coefficient (Wildman–Crippen LogP) is 2.40. The highest BCUT2D eigenvalue weighted by Crippen LogP contribution is 2.23. The molecule has 0 bridgehead atoms. The summed E-state index contributed by atoms with van der Waals surface area (Å²) in [7, 11) is 0. The van der Waals surface area contributed by atoms with Crippen LogP contribution in [0.1, 0.15) is 18.7 Å². The first-order chi connectivity index (χ1) is 6.84. The SMILES string of the molecule is Cc1nsc(NCC2CCSCC2)n1. The summed E-state index contributed by atoms with van der Waals surface area (Å²) in [5.41, 5.74) is 0. The molecule has 1 aliphatic heterocycles. The Kier molecular flexibility index (Phi) is 3.64. The van der Waals surface area contributed by atoms with Crippen LogP contribution in [0.15, 0.2) is 0 Å². The van der Waals surface area contributed by atoms with Crippen molar-refractivity contribution in [2.75, 3.05) is 23.4 Å². The van der Waals surface area contributed by atoms with Crippen LogP contribution in [-0.4, -0.2) is 27.4 Å². The van der Waals surface area contributed by atoms with E-state index in [9.17, 15) is 0 Å². The maximum absolute atomic E-state index is 4.29. The Morgan fingerprint density at radius 2 is 2.21 bits per heavy atom. The fourth-order valence-corrected chi connectivity index (χ4v) is 3.34. The summed E-state index contributed by atoms with van der Waals surface area (Å²) in [5, 5.41) is 4.34. The molecule has 1 N–H and O–H groups in total. The van der Waals surface area contributed by atoms with Crippen molar-refractivity contribution in [1.82, 2.24) is 9.36 Å². The van der Waals surface area contributed by atoms with Crippen LogP contribution >= 0.6 is 23.3 Å². The lowest BCUT2D eigenvalue weighted by Crippen LogP contribution is -2.18.